The number of carbonyl (C=O) groups is 1. The molecule has 0 spiro atoms. The molecule has 0 saturated carbocycles. The van der Waals surface area contributed by atoms with Gasteiger partial charge in [-0.1, -0.05) is 27.7 Å². The normalized spacial score (nSPS) is 15.5. The van der Waals surface area contributed by atoms with E-state index >= 15 is 0 Å². The molecule has 3 heteroatoms. The van der Waals surface area contributed by atoms with Gasteiger partial charge < -0.3 is 9.84 Å². The molecule has 0 aliphatic rings. The lowest BCUT2D eigenvalue weighted by Gasteiger charge is -2.18. The quantitative estimate of drug-likeness (QED) is 0.693. The van der Waals surface area contributed by atoms with Gasteiger partial charge in [0.25, 0.3) is 0 Å². The van der Waals surface area contributed by atoms with Gasteiger partial charge in [0.05, 0.1) is 12.5 Å². The zero-order chi connectivity index (χ0) is 12.0. The van der Waals surface area contributed by atoms with Gasteiger partial charge in [-0.05, 0) is 25.2 Å². The van der Waals surface area contributed by atoms with Gasteiger partial charge >= 0.3 is 5.97 Å². The molecule has 0 aliphatic carbocycles. The molecular formula is C12H24O3. The molecular weight excluding hydrogens is 192 g/mol. The second-order valence-electron chi connectivity index (χ2n) is 4.93. The van der Waals surface area contributed by atoms with E-state index in [1.807, 2.05) is 34.6 Å². The Labute approximate surface area is 92.8 Å². The molecule has 0 aliphatic heterocycles. The SMILES string of the molecule is CC(C)CC(O)CC(=O)OC(C)C(C)C. The Morgan fingerprint density at radius 3 is 2.13 bits per heavy atom. The van der Waals surface area contributed by atoms with E-state index in [1.165, 1.54) is 0 Å². The minimum Gasteiger partial charge on any atom is -0.462 e. The summed E-state index contributed by atoms with van der Waals surface area (Å²) in [7, 11) is 0. The van der Waals surface area contributed by atoms with E-state index in [4.69, 9.17) is 4.74 Å². The van der Waals surface area contributed by atoms with Gasteiger partial charge in [-0.2, -0.15) is 0 Å². The van der Waals surface area contributed by atoms with Crippen LogP contribution in [0.1, 0.15) is 47.5 Å². The molecule has 2 atom stereocenters. The van der Waals surface area contributed by atoms with Crippen molar-refractivity contribution in [3.05, 3.63) is 0 Å². The molecule has 0 fully saturated rings. The molecule has 0 heterocycles. The average molecular weight is 216 g/mol. The number of hydrogen-bond acceptors (Lipinski definition) is 3. The minimum atomic E-state index is -0.572. The molecule has 1 N–H and O–H groups in total. The Balaban J connectivity index is 3.83. The Kier molecular flexibility index (Phi) is 6.57. The van der Waals surface area contributed by atoms with Crippen LogP contribution in [-0.4, -0.2) is 23.3 Å². The van der Waals surface area contributed by atoms with Crippen molar-refractivity contribution >= 4 is 5.97 Å². The van der Waals surface area contributed by atoms with Crippen molar-refractivity contribution in [1.82, 2.24) is 0 Å². The average Bonchev–Trinajstić information content (AvgIpc) is 2.00. The Hall–Kier alpha value is -0.570. The molecule has 0 bridgehead atoms. The van der Waals surface area contributed by atoms with Crippen LogP contribution in [0.3, 0.4) is 0 Å². The fourth-order valence-electron chi connectivity index (χ4n) is 1.21. The van der Waals surface area contributed by atoms with Crippen LogP contribution in [0.15, 0.2) is 0 Å². The van der Waals surface area contributed by atoms with Crippen LogP contribution in [0.2, 0.25) is 0 Å². The van der Waals surface area contributed by atoms with Crippen molar-refractivity contribution in [2.75, 3.05) is 0 Å². The first-order chi connectivity index (χ1) is 6.82. The highest BCUT2D eigenvalue weighted by molar-refractivity contribution is 5.70. The molecule has 90 valence electrons. The molecule has 0 aromatic rings. The lowest BCUT2D eigenvalue weighted by molar-refractivity contribution is -0.152. The van der Waals surface area contributed by atoms with Crippen molar-refractivity contribution in [3.63, 3.8) is 0 Å². The van der Waals surface area contributed by atoms with Crippen LogP contribution in [0.25, 0.3) is 0 Å². The summed E-state index contributed by atoms with van der Waals surface area (Å²) < 4.78 is 5.17. The van der Waals surface area contributed by atoms with Crippen molar-refractivity contribution in [2.24, 2.45) is 11.8 Å². The summed E-state index contributed by atoms with van der Waals surface area (Å²) in [6, 6.07) is 0. The fraction of sp³-hybridized carbons (Fsp3) is 0.917. The van der Waals surface area contributed by atoms with E-state index in [-0.39, 0.29) is 18.5 Å². The predicted octanol–water partition coefficient (Wildman–Crippen LogP) is 2.37. The third kappa shape index (κ3) is 7.37. The maximum absolute atomic E-state index is 11.4. The van der Waals surface area contributed by atoms with Crippen molar-refractivity contribution in [1.29, 1.82) is 0 Å². The summed E-state index contributed by atoms with van der Waals surface area (Å²) in [5, 5.41) is 9.54. The topological polar surface area (TPSA) is 46.5 Å². The van der Waals surface area contributed by atoms with Crippen molar-refractivity contribution in [3.8, 4) is 0 Å². The molecule has 15 heavy (non-hydrogen) atoms. The number of aliphatic hydroxyl groups is 1. The highest BCUT2D eigenvalue weighted by Crippen LogP contribution is 2.11. The van der Waals surface area contributed by atoms with Crippen molar-refractivity contribution in [2.45, 2.75) is 59.7 Å². The zero-order valence-corrected chi connectivity index (χ0v) is 10.5. The van der Waals surface area contributed by atoms with Gasteiger partial charge in [0.2, 0.25) is 0 Å². The molecule has 3 nitrogen and oxygen atoms in total. The largest absolute Gasteiger partial charge is 0.462 e. The second-order valence-corrected chi connectivity index (χ2v) is 4.93. The van der Waals surface area contributed by atoms with Gasteiger partial charge in [0, 0.05) is 0 Å². The highest BCUT2D eigenvalue weighted by Gasteiger charge is 2.17. The summed E-state index contributed by atoms with van der Waals surface area (Å²) in [6.07, 6.45) is 0.0982. The van der Waals surface area contributed by atoms with E-state index in [9.17, 15) is 9.90 Å². The summed E-state index contributed by atoms with van der Waals surface area (Å²) in [5.74, 6) is 0.413. The number of carbonyl (C=O) groups excluding carboxylic acids is 1. The lowest BCUT2D eigenvalue weighted by Crippen LogP contribution is -2.24. The van der Waals surface area contributed by atoms with Crippen LogP contribution >= 0.6 is 0 Å². The minimum absolute atomic E-state index is 0.0799. The van der Waals surface area contributed by atoms with Crippen LogP contribution in [0.5, 0.6) is 0 Å². The first-order valence-corrected chi connectivity index (χ1v) is 5.70. The van der Waals surface area contributed by atoms with Gasteiger partial charge in [-0.25, -0.2) is 0 Å². The summed E-state index contributed by atoms with van der Waals surface area (Å²) in [6.45, 7) is 9.92. The molecule has 0 saturated heterocycles. The maximum atomic E-state index is 11.4. The van der Waals surface area contributed by atoms with E-state index in [2.05, 4.69) is 0 Å². The van der Waals surface area contributed by atoms with E-state index < -0.39 is 6.10 Å². The molecule has 0 radical (unpaired) electrons. The molecule has 0 aromatic heterocycles. The molecule has 0 amide bonds. The first kappa shape index (κ1) is 14.4. The first-order valence-electron chi connectivity index (χ1n) is 5.70. The molecule has 2 unspecified atom stereocenters. The third-order valence-electron chi connectivity index (χ3n) is 2.40. The predicted molar refractivity (Wildman–Crippen MR) is 60.5 cm³/mol. The van der Waals surface area contributed by atoms with Gasteiger partial charge in [-0.15, -0.1) is 0 Å². The summed E-state index contributed by atoms with van der Waals surface area (Å²) >= 11 is 0. The van der Waals surface area contributed by atoms with Gasteiger partial charge in [0.15, 0.2) is 0 Å². The van der Waals surface area contributed by atoms with E-state index in [0.29, 0.717) is 18.3 Å². The zero-order valence-electron chi connectivity index (χ0n) is 10.5. The fourth-order valence-corrected chi connectivity index (χ4v) is 1.21. The lowest BCUT2D eigenvalue weighted by atomic mass is 10.0. The Morgan fingerprint density at radius 1 is 1.20 bits per heavy atom. The monoisotopic (exact) mass is 216 g/mol. The van der Waals surface area contributed by atoms with Crippen LogP contribution in [0.4, 0.5) is 0 Å². The Bertz CT molecular complexity index is 187. The van der Waals surface area contributed by atoms with E-state index in [1.54, 1.807) is 0 Å². The molecule has 0 aromatic carbocycles. The van der Waals surface area contributed by atoms with Crippen LogP contribution < -0.4 is 0 Å². The maximum Gasteiger partial charge on any atom is 0.308 e. The number of hydrogen-bond donors (Lipinski definition) is 1. The second kappa shape index (κ2) is 6.83. The van der Waals surface area contributed by atoms with Crippen LogP contribution in [-0.2, 0) is 9.53 Å². The highest BCUT2D eigenvalue weighted by atomic mass is 16.5. The number of esters is 1. The van der Waals surface area contributed by atoms with Crippen LogP contribution in [0, 0.1) is 11.8 Å². The van der Waals surface area contributed by atoms with Gasteiger partial charge in [-0.3, -0.25) is 4.79 Å². The summed E-state index contributed by atoms with van der Waals surface area (Å²) in [4.78, 5) is 11.4. The number of rotatable bonds is 6. The van der Waals surface area contributed by atoms with Crippen molar-refractivity contribution < 1.29 is 14.6 Å². The molecule has 0 rings (SSSR count). The van der Waals surface area contributed by atoms with Gasteiger partial charge in [0.1, 0.15) is 6.10 Å². The third-order valence-corrected chi connectivity index (χ3v) is 2.40. The van der Waals surface area contributed by atoms with E-state index in [0.717, 1.165) is 0 Å². The smallest absolute Gasteiger partial charge is 0.308 e. The summed E-state index contributed by atoms with van der Waals surface area (Å²) in [5.41, 5.74) is 0. The Morgan fingerprint density at radius 2 is 1.73 bits per heavy atom. The number of aliphatic hydroxyl groups excluding tert-OH is 1. The number of ether oxygens (including phenoxy) is 1. The standard InChI is InChI=1S/C12H24O3/c1-8(2)6-11(13)7-12(14)15-10(5)9(3)4/h8-11,13H,6-7H2,1-5H3.